The van der Waals surface area contributed by atoms with Gasteiger partial charge in [0.25, 0.3) is 5.91 Å². The molecule has 0 aliphatic heterocycles. The van der Waals surface area contributed by atoms with Gasteiger partial charge in [-0.3, -0.25) is 9.59 Å². The summed E-state index contributed by atoms with van der Waals surface area (Å²) in [6.07, 6.45) is 5.76. The van der Waals surface area contributed by atoms with Crippen LogP contribution in [-0.2, 0) is 4.74 Å². The number of rotatable bonds is 7. The summed E-state index contributed by atoms with van der Waals surface area (Å²) in [5.41, 5.74) is 1.94. The molecule has 3 rings (SSSR count). The molecule has 7 heteroatoms. The molecule has 0 aromatic carbocycles. The van der Waals surface area contributed by atoms with Crippen LogP contribution in [0.5, 0.6) is 0 Å². The van der Waals surface area contributed by atoms with E-state index in [2.05, 4.69) is 4.98 Å². The summed E-state index contributed by atoms with van der Waals surface area (Å²) in [5, 5.41) is 1.88. The predicted molar refractivity (Wildman–Crippen MR) is 117 cm³/mol. The first-order valence-corrected chi connectivity index (χ1v) is 11.4. The first-order valence-electron chi connectivity index (χ1n) is 10.5. The quantitative estimate of drug-likeness (QED) is 0.507. The fourth-order valence-corrected chi connectivity index (χ4v) is 5.06. The number of esters is 1. The maximum absolute atomic E-state index is 13.5. The summed E-state index contributed by atoms with van der Waals surface area (Å²) >= 11 is 1.39. The highest BCUT2D eigenvalue weighted by atomic mass is 32.1. The van der Waals surface area contributed by atoms with Gasteiger partial charge in [0.2, 0.25) is 0 Å². The Morgan fingerprint density at radius 3 is 2.53 bits per heavy atom. The monoisotopic (exact) mass is 430 g/mol. The summed E-state index contributed by atoms with van der Waals surface area (Å²) in [5.74, 6) is -0.347. The molecular weight excluding hydrogens is 400 g/mol. The van der Waals surface area contributed by atoms with Gasteiger partial charge in [-0.1, -0.05) is 25.3 Å². The van der Waals surface area contributed by atoms with E-state index in [0.717, 1.165) is 12.8 Å². The minimum atomic E-state index is -0.625. The van der Waals surface area contributed by atoms with Gasteiger partial charge in [0.1, 0.15) is 5.69 Å². The van der Waals surface area contributed by atoms with Crippen molar-refractivity contribution in [1.82, 2.24) is 9.88 Å². The fraction of sp³-hybridized carbons (Fsp3) is 0.522. The minimum Gasteiger partial charge on any atom is -0.464 e. The Bertz CT molecular complexity index is 910. The van der Waals surface area contributed by atoms with Crippen LogP contribution in [0.4, 0.5) is 0 Å². The van der Waals surface area contributed by atoms with E-state index in [1.54, 1.807) is 31.7 Å². The van der Waals surface area contributed by atoms with Gasteiger partial charge in [-0.2, -0.15) is 0 Å². The van der Waals surface area contributed by atoms with E-state index in [9.17, 15) is 14.4 Å². The molecule has 1 atom stereocenters. The van der Waals surface area contributed by atoms with Crippen molar-refractivity contribution in [3.8, 4) is 0 Å². The Morgan fingerprint density at radius 1 is 1.23 bits per heavy atom. The molecule has 1 aliphatic carbocycles. The van der Waals surface area contributed by atoms with Gasteiger partial charge in [0, 0.05) is 17.8 Å². The normalized spacial score (nSPS) is 15.6. The first-order chi connectivity index (χ1) is 14.3. The van der Waals surface area contributed by atoms with Crippen molar-refractivity contribution in [2.75, 3.05) is 13.7 Å². The van der Waals surface area contributed by atoms with Crippen LogP contribution in [0.25, 0.3) is 0 Å². The lowest BCUT2D eigenvalue weighted by molar-refractivity contribution is 0.0580. The topological polar surface area (TPSA) is 79.5 Å². The Hall–Kier alpha value is -2.41. The number of aromatic amines is 1. The number of hydrogen-bond acceptors (Lipinski definition) is 5. The second-order valence-corrected chi connectivity index (χ2v) is 9.04. The van der Waals surface area contributed by atoms with E-state index in [0.29, 0.717) is 34.2 Å². The van der Waals surface area contributed by atoms with Crippen molar-refractivity contribution in [2.45, 2.75) is 58.9 Å². The number of ether oxygens (including phenoxy) is 1. The zero-order valence-electron chi connectivity index (χ0n) is 18.1. The third-order valence-corrected chi connectivity index (χ3v) is 6.95. The van der Waals surface area contributed by atoms with Gasteiger partial charge in [0.05, 0.1) is 18.0 Å². The summed E-state index contributed by atoms with van der Waals surface area (Å²) in [7, 11) is 1.31. The lowest BCUT2D eigenvalue weighted by Gasteiger charge is -2.33. The average molecular weight is 431 g/mol. The third-order valence-electron chi connectivity index (χ3n) is 6.09. The van der Waals surface area contributed by atoms with Gasteiger partial charge in [-0.05, 0) is 56.5 Å². The molecular formula is C23H30N2O4S. The lowest BCUT2D eigenvalue weighted by atomic mass is 9.88. The highest BCUT2D eigenvalue weighted by Gasteiger charge is 2.33. The summed E-state index contributed by atoms with van der Waals surface area (Å²) in [4.78, 5) is 44.2. The van der Waals surface area contributed by atoms with E-state index in [4.69, 9.17) is 4.74 Å². The molecule has 0 spiro atoms. The molecule has 2 aromatic rings. The molecule has 2 heterocycles. The van der Waals surface area contributed by atoms with Crippen LogP contribution in [0.2, 0.25) is 0 Å². The van der Waals surface area contributed by atoms with E-state index in [1.807, 2.05) is 11.4 Å². The SMILES string of the molecule is COC(=O)c1[nH]c(C)c(C(=O)[C@H](C)N(CC2CCCCC2)C(=O)c2cccs2)c1C. The minimum absolute atomic E-state index is 0.101. The van der Waals surface area contributed by atoms with Crippen LogP contribution < -0.4 is 0 Å². The molecule has 0 radical (unpaired) electrons. The van der Waals surface area contributed by atoms with Crippen LogP contribution in [0.3, 0.4) is 0 Å². The molecule has 0 bridgehead atoms. The standard InChI is InChI=1S/C23H30N2O4S/c1-14-19(15(2)24-20(14)23(28)29-4)21(26)16(3)25(13-17-9-6-5-7-10-17)22(27)18-11-8-12-30-18/h8,11-12,16-17,24H,5-7,9-10,13H2,1-4H3/t16-/m0/s1. The molecule has 0 unspecified atom stereocenters. The van der Waals surface area contributed by atoms with E-state index in [1.165, 1.54) is 37.7 Å². The molecule has 1 fully saturated rings. The number of H-pyrrole nitrogens is 1. The van der Waals surface area contributed by atoms with Crippen molar-refractivity contribution >= 4 is 29.0 Å². The van der Waals surface area contributed by atoms with Crippen molar-refractivity contribution in [3.05, 3.63) is 44.9 Å². The van der Waals surface area contributed by atoms with Gasteiger partial charge in [-0.25, -0.2) is 4.79 Å². The van der Waals surface area contributed by atoms with Crippen LogP contribution in [0, 0.1) is 19.8 Å². The fourth-order valence-electron chi connectivity index (χ4n) is 4.38. The number of amides is 1. The van der Waals surface area contributed by atoms with Crippen LogP contribution in [0.1, 0.15) is 80.8 Å². The Balaban J connectivity index is 1.91. The Kier molecular flexibility index (Phi) is 7.13. The summed E-state index contributed by atoms with van der Waals surface area (Å²) in [6.45, 7) is 5.88. The van der Waals surface area contributed by atoms with E-state index >= 15 is 0 Å². The molecule has 1 N–H and O–H groups in total. The maximum atomic E-state index is 13.5. The van der Waals surface area contributed by atoms with Crippen molar-refractivity contribution < 1.29 is 19.1 Å². The second kappa shape index (κ2) is 9.60. The largest absolute Gasteiger partial charge is 0.464 e. The zero-order valence-corrected chi connectivity index (χ0v) is 18.9. The number of carbonyl (C=O) groups is 3. The Morgan fingerprint density at radius 2 is 1.93 bits per heavy atom. The number of methoxy groups -OCH3 is 1. The van der Waals surface area contributed by atoms with Gasteiger partial charge in [-0.15, -0.1) is 11.3 Å². The highest BCUT2D eigenvalue weighted by molar-refractivity contribution is 7.12. The number of thiophene rings is 1. The first kappa shape index (κ1) is 22.3. The lowest BCUT2D eigenvalue weighted by Crippen LogP contribution is -2.46. The molecule has 0 saturated heterocycles. The van der Waals surface area contributed by atoms with Crippen LogP contribution in [0.15, 0.2) is 17.5 Å². The molecule has 162 valence electrons. The van der Waals surface area contributed by atoms with Crippen molar-refractivity contribution in [3.63, 3.8) is 0 Å². The molecule has 1 saturated carbocycles. The highest BCUT2D eigenvalue weighted by Crippen LogP contribution is 2.28. The number of carbonyl (C=O) groups excluding carboxylic acids is 3. The number of nitrogens with zero attached hydrogens (tertiary/aromatic N) is 1. The van der Waals surface area contributed by atoms with Crippen LogP contribution >= 0.6 is 11.3 Å². The maximum Gasteiger partial charge on any atom is 0.354 e. The number of Topliss-reactive ketones (excluding diaryl/α,β-unsaturated/α-hetero) is 1. The number of aryl methyl sites for hydroxylation is 1. The number of hydrogen-bond donors (Lipinski definition) is 1. The van der Waals surface area contributed by atoms with E-state index in [-0.39, 0.29) is 17.4 Å². The average Bonchev–Trinajstić information content (AvgIpc) is 3.39. The smallest absolute Gasteiger partial charge is 0.354 e. The van der Waals surface area contributed by atoms with E-state index < -0.39 is 12.0 Å². The van der Waals surface area contributed by atoms with Gasteiger partial charge < -0.3 is 14.6 Å². The zero-order chi connectivity index (χ0) is 21.8. The molecule has 30 heavy (non-hydrogen) atoms. The van der Waals surface area contributed by atoms with Gasteiger partial charge in [0.15, 0.2) is 5.78 Å². The summed E-state index contributed by atoms with van der Waals surface area (Å²) in [6, 6.07) is 3.03. The molecule has 1 amide bonds. The summed E-state index contributed by atoms with van der Waals surface area (Å²) < 4.78 is 4.82. The van der Waals surface area contributed by atoms with Crippen molar-refractivity contribution in [1.29, 1.82) is 0 Å². The van der Waals surface area contributed by atoms with Crippen molar-refractivity contribution in [2.24, 2.45) is 5.92 Å². The Labute approximate surface area is 181 Å². The van der Waals surface area contributed by atoms with Crippen LogP contribution in [-0.4, -0.2) is 47.2 Å². The number of aromatic nitrogens is 1. The predicted octanol–water partition coefficient (Wildman–Crippen LogP) is 4.77. The van der Waals surface area contributed by atoms with Gasteiger partial charge >= 0.3 is 5.97 Å². The molecule has 6 nitrogen and oxygen atoms in total. The second-order valence-electron chi connectivity index (χ2n) is 8.10. The molecule has 1 aliphatic rings. The number of nitrogens with one attached hydrogen (secondary N) is 1. The molecule has 2 aromatic heterocycles. The third kappa shape index (κ3) is 4.51. The number of ketones is 1.